The smallest absolute Gasteiger partial charge is 0.252 e. The van der Waals surface area contributed by atoms with Crippen LogP contribution in [0.25, 0.3) is 10.2 Å². The van der Waals surface area contributed by atoms with Gasteiger partial charge < -0.3 is 20.4 Å². The Balaban J connectivity index is 1.38. The number of aryl methyl sites for hydroxylation is 1. The van der Waals surface area contributed by atoms with Crippen molar-refractivity contribution < 1.29 is 17.9 Å². The molecular formula is C19H23N7O4S2. The first-order valence-electron chi connectivity index (χ1n) is 10.2. The number of nitrogens with zero attached hydrogens (tertiary/aromatic N) is 5. The number of carbonyl (C=O) groups excluding carboxylic acids is 1. The largest absolute Gasteiger partial charge is 0.367 e. The number of benzene rings is 1. The van der Waals surface area contributed by atoms with Crippen LogP contribution < -0.4 is 11.1 Å². The van der Waals surface area contributed by atoms with E-state index in [0.717, 1.165) is 35.7 Å². The fourth-order valence-corrected chi connectivity index (χ4v) is 6.75. The van der Waals surface area contributed by atoms with Gasteiger partial charge in [-0.05, 0) is 38.0 Å². The Bertz CT molecular complexity index is 1310. The van der Waals surface area contributed by atoms with Gasteiger partial charge in [-0.3, -0.25) is 4.79 Å². The number of carbonyl (C=O) groups is 1. The number of ether oxygens (including phenoxy) is 1. The highest BCUT2D eigenvalue weighted by atomic mass is 32.2. The molecule has 3 aromatic rings. The van der Waals surface area contributed by atoms with Crippen molar-refractivity contribution in [1.82, 2.24) is 24.1 Å². The Morgan fingerprint density at radius 3 is 2.84 bits per heavy atom. The van der Waals surface area contributed by atoms with Gasteiger partial charge in [0.25, 0.3) is 5.91 Å². The number of nitrogens with two attached hydrogens (primary N) is 1. The summed E-state index contributed by atoms with van der Waals surface area (Å²) in [5, 5.41) is 12.6. The first kappa shape index (κ1) is 21.2. The van der Waals surface area contributed by atoms with Gasteiger partial charge in [0, 0.05) is 13.7 Å². The lowest BCUT2D eigenvalue weighted by atomic mass is 9.96. The number of aromatic nitrogens is 4. The third-order valence-corrected chi connectivity index (χ3v) is 8.89. The van der Waals surface area contributed by atoms with Crippen LogP contribution >= 0.6 is 11.3 Å². The van der Waals surface area contributed by atoms with Gasteiger partial charge >= 0.3 is 0 Å². The third kappa shape index (κ3) is 3.27. The molecule has 0 saturated carbocycles. The summed E-state index contributed by atoms with van der Waals surface area (Å²) in [5.41, 5.74) is 4.80. The molecule has 13 heteroatoms. The molecule has 0 spiro atoms. The number of thiazole rings is 1. The van der Waals surface area contributed by atoms with Crippen LogP contribution in [0.3, 0.4) is 0 Å². The van der Waals surface area contributed by atoms with Gasteiger partial charge in [0.15, 0.2) is 16.6 Å². The number of hydrogen-bond acceptors (Lipinski definition) is 9. The maximum Gasteiger partial charge on any atom is 0.252 e. The molecule has 1 fully saturated rings. The maximum atomic E-state index is 13.0. The molecule has 0 aliphatic carbocycles. The Morgan fingerprint density at radius 2 is 2.12 bits per heavy atom. The highest BCUT2D eigenvalue weighted by Gasteiger charge is 2.53. The van der Waals surface area contributed by atoms with Gasteiger partial charge in [0.1, 0.15) is 5.82 Å². The summed E-state index contributed by atoms with van der Waals surface area (Å²) < 4.78 is 35.2. The predicted molar refractivity (Wildman–Crippen MR) is 118 cm³/mol. The molecule has 0 radical (unpaired) electrons. The van der Waals surface area contributed by atoms with E-state index in [2.05, 4.69) is 25.1 Å². The average Bonchev–Trinajstić information content (AvgIpc) is 3.30. The second-order valence-corrected chi connectivity index (χ2v) is 11.0. The zero-order chi connectivity index (χ0) is 22.7. The lowest BCUT2D eigenvalue weighted by Gasteiger charge is -2.45. The predicted octanol–water partition coefficient (Wildman–Crippen LogP) is 1.02. The zero-order valence-corrected chi connectivity index (χ0v) is 19.2. The van der Waals surface area contributed by atoms with Gasteiger partial charge in [0.2, 0.25) is 10.0 Å². The number of rotatable bonds is 6. The summed E-state index contributed by atoms with van der Waals surface area (Å²) in [6, 6.07) is 4.83. The summed E-state index contributed by atoms with van der Waals surface area (Å²) in [6.45, 7) is 2.65. The molecule has 5 rings (SSSR count). The van der Waals surface area contributed by atoms with Crippen molar-refractivity contribution in [2.75, 3.05) is 25.5 Å². The number of sulfonamides is 1. The highest BCUT2D eigenvalue weighted by molar-refractivity contribution is 7.89. The number of methoxy groups -OCH3 is 1. The van der Waals surface area contributed by atoms with Crippen molar-refractivity contribution >= 4 is 42.6 Å². The van der Waals surface area contributed by atoms with E-state index in [1.165, 1.54) is 28.8 Å². The molecule has 170 valence electrons. The second kappa shape index (κ2) is 7.47. The lowest BCUT2D eigenvalue weighted by molar-refractivity contribution is -0.154. The van der Waals surface area contributed by atoms with Gasteiger partial charge in [0.05, 0.1) is 34.2 Å². The number of hydrogen-bond donors (Lipinski definition) is 2. The van der Waals surface area contributed by atoms with Crippen molar-refractivity contribution in [1.29, 1.82) is 0 Å². The summed E-state index contributed by atoms with van der Waals surface area (Å²) >= 11 is 1.39. The molecule has 32 heavy (non-hydrogen) atoms. The van der Waals surface area contributed by atoms with Crippen LogP contribution in [0.4, 0.5) is 5.13 Å². The minimum Gasteiger partial charge on any atom is -0.367 e. The monoisotopic (exact) mass is 477 g/mol. The van der Waals surface area contributed by atoms with Gasteiger partial charge in [-0.2, -0.15) is 4.31 Å². The summed E-state index contributed by atoms with van der Waals surface area (Å²) in [4.78, 5) is 16.4. The number of nitrogens with one attached hydrogen (secondary N) is 1. The van der Waals surface area contributed by atoms with Gasteiger partial charge in [-0.25, -0.2) is 13.4 Å². The number of anilines is 1. The first-order chi connectivity index (χ1) is 15.2. The van der Waals surface area contributed by atoms with Crippen molar-refractivity contribution in [2.45, 2.75) is 42.8 Å². The van der Waals surface area contributed by atoms with Crippen LogP contribution in [0.1, 0.15) is 30.5 Å². The van der Waals surface area contributed by atoms with E-state index in [0.29, 0.717) is 10.6 Å². The van der Waals surface area contributed by atoms with Gasteiger partial charge in [-0.1, -0.05) is 11.3 Å². The van der Waals surface area contributed by atoms with Crippen molar-refractivity contribution in [3.05, 3.63) is 29.8 Å². The second-order valence-electron chi connectivity index (χ2n) is 8.08. The molecule has 2 aliphatic heterocycles. The summed E-state index contributed by atoms with van der Waals surface area (Å²) in [7, 11) is -2.43. The average molecular weight is 478 g/mol. The van der Waals surface area contributed by atoms with Crippen LogP contribution in [0.15, 0.2) is 23.1 Å². The molecule has 2 aromatic heterocycles. The van der Waals surface area contributed by atoms with E-state index in [-0.39, 0.29) is 24.0 Å². The Morgan fingerprint density at radius 1 is 1.34 bits per heavy atom. The van der Waals surface area contributed by atoms with Gasteiger partial charge in [-0.15, -0.1) is 10.2 Å². The Labute approximate surface area is 188 Å². The molecule has 1 atom stereocenters. The molecule has 11 nitrogen and oxygen atoms in total. The molecule has 3 N–H and O–H groups in total. The lowest BCUT2D eigenvalue weighted by Crippen LogP contribution is -2.69. The SMILES string of the molecule is COC1(C(N)=O)CN(S(=O)(=O)c2ccc3nc(NC4CCCn5c(C)nnc54)sc3c2)C1. The van der Waals surface area contributed by atoms with Crippen LogP contribution in [-0.2, 0) is 26.1 Å². The minimum atomic E-state index is -3.78. The fourth-order valence-electron chi connectivity index (χ4n) is 4.16. The van der Waals surface area contributed by atoms with Crippen molar-refractivity contribution in [2.24, 2.45) is 5.73 Å². The van der Waals surface area contributed by atoms with E-state index in [4.69, 9.17) is 10.5 Å². The van der Waals surface area contributed by atoms with Crippen molar-refractivity contribution in [3.63, 3.8) is 0 Å². The minimum absolute atomic E-state index is 0.00534. The summed E-state index contributed by atoms with van der Waals surface area (Å²) in [5.74, 6) is 1.12. The standard InChI is InChI=1S/C19H23N7O4S2/c1-11-23-24-16-14(4-3-7-26(11)16)22-18-21-13-6-5-12(8-15(13)31-18)32(28,29)25-9-19(10-25,30-2)17(20)27/h5-6,8,14H,3-4,7,9-10H2,1-2H3,(H2,20,27)(H,21,22). The molecule has 1 unspecified atom stereocenters. The van der Waals surface area contributed by atoms with E-state index in [1.54, 1.807) is 12.1 Å². The first-order valence-corrected chi connectivity index (χ1v) is 12.4. The van der Waals surface area contributed by atoms with E-state index >= 15 is 0 Å². The fraction of sp³-hybridized carbons (Fsp3) is 0.474. The molecular weight excluding hydrogens is 454 g/mol. The Kier molecular flexibility index (Phi) is 4.96. The number of fused-ring (bicyclic) bond motifs is 2. The van der Waals surface area contributed by atoms with Crippen LogP contribution in [0.2, 0.25) is 0 Å². The topological polar surface area (TPSA) is 145 Å². The Hall–Kier alpha value is -2.61. The normalized spacial score (nSPS) is 20.6. The summed E-state index contributed by atoms with van der Waals surface area (Å²) in [6.07, 6.45) is 1.94. The number of primary amides is 1. The van der Waals surface area contributed by atoms with Crippen LogP contribution in [0, 0.1) is 6.92 Å². The van der Waals surface area contributed by atoms with Crippen LogP contribution in [-0.4, -0.2) is 64.2 Å². The highest BCUT2D eigenvalue weighted by Crippen LogP contribution is 2.35. The van der Waals surface area contributed by atoms with E-state index in [9.17, 15) is 13.2 Å². The maximum absolute atomic E-state index is 13.0. The van der Waals surface area contributed by atoms with Crippen LogP contribution in [0.5, 0.6) is 0 Å². The molecule has 4 heterocycles. The molecule has 0 bridgehead atoms. The zero-order valence-electron chi connectivity index (χ0n) is 17.6. The van der Waals surface area contributed by atoms with E-state index in [1.807, 2.05) is 6.92 Å². The molecule has 1 amide bonds. The number of amides is 1. The molecule has 1 aromatic carbocycles. The van der Waals surface area contributed by atoms with E-state index < -0.39 is 21.5 Å². The van der Waals surface area contributed by atoms with Crippen molar-refractivity contribution in [3.8, 4) is 0 Å². The quantitative estimate of drug-likeness (QED) is 0.535. The molecule has 2 aliphatic rings. The molecule has 1 saturated heterocycles. The third-order valence-electron chi connectivity index (χ3n) is 6.15.